The predicted molar refractivity (Wildman–Crippen MR) is 110 cm³/mol. The monoisotopic (exact) mass is 377 g/mol. The van der Waals surface area contributed by atoms with Crippen molar-refractivity contribution in [1.82, 2.24) is 9.90 Å². The summed E-state index contributed by atoms with van der Waals surface area (Å²) in [4.78, 5) is 6.51. The minimum absolute atomic E-state index is 0.114. The van der Waals surface area contributed by atoms with Gasteiger partial charge in [0, 0.05) is 41.2 Å². The van der Waals surface area contributed by atoms with Crippen LogP contribution < -0.4 is 5.46 Å². The maximum Gasteiger partial charge on any atom is 0.468 e. The van der Waals surface area contributed by atoms with E-state index < -0.39 is 12.7 Å². The molecule has 5 aliphatic carbocycles. The topological polar surface area (TPSA) is 69.0 Å². The Morgan fingerprint density at radius 2 is 1.96 bits per heavy atom. The highest BCUT2D eigenvalue weighted by Crippen LogP contribution is 2.59. The van der Waals surface area contributed by atoms with Crippen LogP contribution in [0.1, 0.15) is 62.8 Å². The summed E-state index contributed by atoms with van der Waals surface area (Å²) in [5, 5.41) is 27.2. The fraction of sp³-hybridized carbons (Fsp3) is 0.636. The van der Waals surface area contributed by atoms with Gasteiger partial charge < -0.3 is 15.1 Å². The molecule has 2 N–H and O–H groups in total. The normalized spacial score (nSPS) is 37.5. The molecule has 0 amide bonds. The molecule has 1 aromatic rings. The van der Waals surface area contributed by atoms with E-state index in [2.05, 4.69) is 31.0 Å². The molecule has 28 heavy (non-hydrogen) atoms. The maximum atomic E-state index is 11.0. The van der Waals surface area contributed by atoms with Crippen LogP contribution in [0.15, 0.2) is 17.4 Å². The average molecular weight is 377 g/mol. The van der Waals surface area contributed by atoms with Gasteiger partial charge in [-0.3, -0.25) is 4.98 Å². The third-order valence-corrected chi connectivity index (χ3v) is 7.92. The summed E-state index contributed by atoms with van der Waals surface area (Å²) in [6.07, 6.45) is 12.3. The third kappa shape index (κ3) is 2.28. The summed E-state index contributed by atoms with van der Waals surface area (Å²) < 4.78 is 0. The van der Waals surface area contributed by atoms with Crippen molar-refractivity contribution in [3.05, 3.63) is 29.1 Å². The second-order valence-electron chi connectivity index (χ2n) is 10.1. The van der Waals surface area contributed by atoms with Gasteiger partial charge in [-0.2, -0.15) is 5.10 Å². The summed E-state index contributed by atoms with van der Waals surface area (Å²) in [7, 11) is -0.744. The molecule has 1 aliphatic heterocycles. The van der Waals surface area contributed by atoms with Crippen molar-refractivity contribution in [3.63, 3.8) is 0 Å². The molecule has 2 heterocycles. The van der Waals surface area contributed by atoms with E-state index in [4.69, 9.17) is 5.10 Å². The fourth-order valence-electron chi connectivity index (χ4n) is 7.12. The Hall–Kier alpha value is -1.66. The van der Waals surface area contributed by atoms with Crippen molar-refractivity contribution < 1.29 is 10.1 Å². The lowest BCUT2D eigenvalue weighted by atomic mass is 9.48. The van der Waals surface area contributed by atoms with Gasteiger partial charge in [-0.1, -0.05) is 12.2 Å². The Morgan fingerprint density at radius 3 is 2.64 bits per heavy atom. The average Bonchev–Trinajstić information content (AvgIpc) is 3.10. The van der Waals surface area contributed by atoms with Crippen LogP contribution in [-0.2, 0) is 6.42 Å². The number of aliphatic hydroxyl groups is 1. The van der Waals surface area contributed by atoms with E-state index in [0.717, 1.165) is 53.7 Å². The van der Waals surface area contributed by atoms with Crippen molar-refractivity contribution in [1.29, 1.82) is 0 Å². The quantitative estimate of drug-likeness (QED) is 0.774. The Labute approximate surface area is 166 Å². The molecular formula is C22H28BN3O2. The van der Waals surface area contributed by atoms with Gasteiger partial charge in [0.1, 0.15) is 0 Å². The molecule has 0 spiro atoms. The number of allylic oxidation sites excluding steroid dienone is 1. The lowest BCUT2D eigenvalue weighted by Crippen LogP contribution is -2.60. The zero-order valence-electron chi connectivity index (χ0n) is 16.7. The van der Waals surface area contributed by atoms with E-state index in [1.54, 1.807) is 0 Å². The molecule has 3 unspecified atom stereocenters. The molecule has 6 heteroatoms. The Balaban J connectivity index is 1.52. The summed E-state index contributed by atoms with van der Waals surface area (Å²) in [5.74, 6) is 2.06. The summed E-state index contributed by atoms with van der Waals surface area (Å²) in [6.45, 7) is 4.16. The van der Waals surface area contributed by atoms with Crippen molar-refractivity contribution in [3.8, 4) is 0 Å². The molecule has 5 nitrogen and oxygen atoms in total. The highest BCUT2D eigenvalue weighted by molar-refractivity contribution is 6.66. The van der Waals surface area contributed by atoms with Gasteiger partial charge >= 0.3 is 7.05 Å². The molecule has 4 fully saturated rings. The van der Waals surface area contributed by atoms with Gasteiger partial charge in [-0.25, -0.2) is 0 Å². The largest absolute Gasteiger partial charge is 0.468 e. The molecule has 0 aromatic carbocycles. The number of rotatable bonds is 2. The van der Waals surface area contributed by atoms with Gasteiger partial charge in [0.2, 0.25) is 0 Å². The van der Waals surface area contributed by atoms with Crippen LogP contribution in [0.5, 0.6) is 0 Å². The Bertz CT molecular complexity index is 895. The van der Waals surface area contributed by atoms with Crippen molar-refractivity contribution >= 4 is 24.3 Å². The van der Waals surface area contributed by atoms with Crippen LogP contribution in [0.3, 0.4) is 0 Å². The summed E-state index contributed by atoms with van der Waals surface area (Å²) in [6, 6.07) is 0.114. The van der Waals surface area contributed by atoms with E-state index in [-0.39, 0.29) is 6.04 Å². The maximum absolute atomic E-state index is 11.0. The zero-order valence-corrected chi connectivity index (χ0v) is 16.7. The van der Waals surface area contributed by atoms with E-state index in [1.807, 2.05) is 11.1 Å². The molecule has 146 valence electrons. The van der Waals surface area contributed by atoms with E-state index >= 15 is 0 Å². The molecule has 7 rings (SSSR count). The summed E-state index contributed by atoms with van der Waals surface area (Å²) in [5.41, 5.74) is 4.99. The number of hydrazone groups is 1. The molecule has 0 saturated heterocycles. The standard InChI is InChI=1S/C22H28BN3O2/c1-12(2)26-23(28)17-11-24-18-5-3-4-16(18)20(17)21(25-26)19-14-6-13-7-15(19)10-22(27,8-13)9-14/h3-4,11-15,19,27-28H,5-10H2,1-2H3/t13?,14-,15+,19?,22?. The number of pyridine rings is 1. The number of nitrogens with zero attached hydrogens (tertiary/aromatic N) is 3. The lowest BCUT2D eigenvalue weighted by molar-refractivity contribution is -0.138. The van der Waals surface area contributed by atoms with Crippen LogP contribution in [-0.4, -0.2) is 44.4 Å². The van der Waals surface area contributed by atoms with Crippen molar-refractivity contribution in [2.24, 2.45) is 28.8 Å². The number of aromatic nitrogens is 1. The first-order valence-electron chi connectivity index (χ1n) is 10.9. The smallest absolute Gasteiger partial charge is 0.428 e. The van der Waals surface area contributed by atoms with Gasteiger partial charge in [0.25, 0.3) is 0 Å². The minimum Gasteiger partial charge on any atom is -0.428 e. The molecule has 4 bridgehead atoms. The third-order valence-electron chi connectivity index (χ3n) is 7.92. The molecule has 1 aromatic heterocycles. The Morgan fingerprint density at radius 1 is 1.21 bits per heavy atom. The van der Waals surface area contributed by atoms with Gasteiger partial charge in [0.05, 0.1) is 17.0 Å². The number of hydrogen-bond donors (Lipinski definition) is 2. The van der Waals surface area contributed by atoms with Gasteiger partial charge in [-0.05, 0) is 63.7 Å². The lowest BCUT2D eigenvalue weighted by Gasteiger charge is -2.58. The Kier molecular flexibility index (Phi) is 3.51. The van der Waals surface area contributed by atoms with Crippen LogP contribution in [0.4, 0.5) is 0 Å². The second-order valence-corrected chi connectivity index (χ2v) is 10.1. The SMILES string of the molecule is CC(C)N1N=C(C2[C@@H]3CC4C[C@H]2CC(O)(C4)C3)c2c(cnc3c2C=CC3)B1O. The first kappa shape index (κ1) is 17.2. The predicted octanol–water partition coefficient (Wildman–Crippen LogP) is 1.95. The first-order valence-corrected chi connectivity index (χ1v) is 10.9. The van der Waals surface area contributed by atoms with E-state index in [9.17, 15) is 10.1 Å². The molecule has 4 saturated carbocycles. The molecular weight excluding hydrogens is 349 g/mol. The highest BCUT2D eigenvalue weighted by atomic mass is 16.3. The summed E-state index contributed by atoms with van der Waals surface area (Å²) >= 11 is 0. The molecule has 5 atom stereocenters. The molecule has 6 aliphatic rings. The minimum atomic E-state index is -0.744. The van der Waals surface area contributed by atoms with Crippen LogP contribution in [0.25, 0.3) is 6.08 Å². The van der Waals surface area contributed by atoms with E-state index in [1.165, 1.54) is 12.8 Å². The number of hydrogen-bond acceptors (Lipinski definition) is 5. The van der Waals surface area contributed by atoms with Gasteiger partial charge in [-0.15, -0.1) is 0 Å². The first-order chi connectivity index (χ1) is 13.4. The van der Waals surface area contributed by atoms with Crippen LogP contribution >= 0.6 is 0 Å². The molecule has 0 radical (unpaired) electrons. The van der Waals surface area contributed by atoms with Crippen LogP contribution in [0.2, 0.25) is 0 Å². The fourth-order valence-corrected chi connectivity index (χ4v) is 7.12. The zero-order chi connectivity index (χ0) is 19.2. The van der Waals surface area contributed by atoms with Crippen molar-refractivity contribution in [2.45, 2.75) is 64.0 Å². The van der Waals surface area contributed by atoms with E-state index in [0.29, 0.717) is 23.7 Å². The van der Waals surface area contributed by atoms with Crippen LogP contribution in [0, 0.1) is 23.7 Å². The second kappa shape index (κ2) is 5.70. The highest BCUT2D eigenvalue weighted by Gasteiger charge is 2.57. The number of fused-ring (bicyclic) bond motifs is 3. The van der Waals surface area contributed by atoms with Crippen molar-refractivity contribution in [2.75, 3.05) is 0 Å². The van der Waals surface area contributed by atoms with Gasteiger partial charge in [0.15, 0.2) is 0 Å².